The van der Waals surface area contributed by atoms with E-state index in [9.17, 15) is 0 Å². The van der Waals surface area contributed by atoms with Crippen molar-refractivity contribution in [1.29, 1.82) is 0 Å². The number of nitrogens with one attached hydrogen (secondary N) is 1. The molecular formula is C11H18N3+. The smallest absolute Gasteiger partial charge is 0.0947 e. The third-order valence-electron chi connectivity index (χ3n) is 2.89. The first kappa shape index (κ1) is 9.34. The Labute approximate surface area is 85.1 Å². The number of nitrogens with zero attached hydrogens (tertiary/aromatic N) is 1. The minimum absolute atomic E-state index is 0.895. The summed E-state index contributed by atoms with van der Waals surface area (Å²) in [6.45, 7) is 4.63. The highest BCUT2D eigenvalue weighted by Gasteiger charge is 2.17. The topological polar surface area (TPSA) is 33.7 Å². The number of para-hydroxylation sites is 2. The first-order valence-corrected chi connectivity index (χ1v) is 5.18. The molecule has 2 rings (SSSR count). The van der Waals surface area contributed by atoms with E-state index in [2.05, 4.69) is 24.1 Å². The number of nitrogen functional groups attached to an aromatic ring is 1. The fraction of sp³-hybridized carbons (Fsp3) is 0.455. The molecule has 1 fully saturated rings. The average molecular weight is 192 g/mol. The molecule has 0 aromatic heterocycles. The van der Waals surface area contributed by atoms with Crippen LogP contribution in [0.25, 0.3) is 0 Å². The minimum Gasteiger partial charge on any atom is -0.397 e. The lowest BCUT2D eigenvalue weighted by Gasteiger charge is -2.32. The van der Waals surface area contributed by atoms with Crippen molar-refractivity contribution in [3.05, 3.63) is 24.3 Å². The van der Waals surface area contributed by atoms with Gasteiger partial charge in [0.15, 0.2) is 0 Å². The summed E-state index contributed by atoms with van der Waals surface area (Å²) in [5.74, 6) is 0. The zero-order valence-electron chi connectivity index (χ0n) is 8.66. The van der Waals surface area contributed by atoms with Crippen LogP contribution in [0.2, 0.25) is 0 Å². The zero-order valence-corrected chi connectivity index (χ0v) is 8.66. The molecule has 76 valence electrons. The number of rotatable bonds is 1. The number of nitrogens with two attached hydrogens (primary N) is 1. The van der Waals surface area contributed by atoms with Crippen LogP contribution in [0.3, 0.4) is 0 Å². The van der Waals surface area contributed by atoms with Gasteiger partial charge in [0.1, 0.15) is 0 Å². The predicted octanol–water partition coefficient (Wildman–Crippen LogP) is -0.396. The van der Waals surface area contributed by atoms with Crippen molar-refractivity contribution in [2.45, 2.75) is 0 Å². The van der Waals surface area contributed by atoms with Crippen LogP contribution in [0.5, 0.6) is 0 Å². The van der Waals surface area contributed by atoms with Gasteiger partial charge in [-0.2, -0.15) is 0 Å². The first-order chi connectivity index (χ1) is 6.77. The molecule has 0 atom stereocenters. The number of benzene rings is 1. The van der Waals surface area contributed by atoms with Gasteiger partial charge in [0, 0.05) is 0 Å². The summed E-state index contributed by atoms with van der Waals surface area (Å²) in [5, 5.41) is 0. The number of hydrogen-bond donors (Lipinski definition) is 2. The Bertz CT molecular complexity index is 303. The van der Waals surface area contributed by atoms with E-state index in [1.54, 1.807) is 4.90 Å². The molecule has 1 aromatic carbocycles. The van der Waals surface area contributed by atoms with Crippen LogP contribution in [0, 0.1) is 0 Å². The second kappa shape index (κ2) is 3.88. The van der Waals surface area contributed by atoms with E-state index >= 15 is 0 Å². The molecule has 14 heavy (non-hydrogen) atoms. The Morgan fingerprint density at radius 2 is 1.86 bits per heavy atom. The molecule has 3 N–H and O–H groups in total. The molecule has 1 aliphatic heterocycles. The molecule has 0 spiro atoms. The van der Waals surface area contributed by atoms with Gasteiger partial charge in [0.05, 0.1) is 44.6 Å². The second-order valence-electron chi connectivity index (χ2n) is 4.00. The minimum atomic E-state index is 0.895. The summed E-state index contributed by atoms with van der Waals surface area (Å²) in [6.07, 6.45) is 0. The van der Waals surface area contributed by atoms with E-state index in [1.165, 1.54) is 18.8 Å². The number of anilines is 2. The van der Waals surface area contributed by atoms with E-state index in [0.29, 0.717) is 0 Å². The molecule has 1 aliphatic rings. The molecule has 0 bridgehead atoms. The highest BCUT2D eigenvalue weighted by Crippen LogP contribution is 2.21. The van der Waals surface area contributed by atoms with Gasteiger partial charge >= 0.3 is 0 Å². The van der Waals surface area contributed by atoms with E-state index in [0.717, 1.165) is 18.8 Å². The maximum absolute atomic E-state index is 5.94. The molecule has 0 saturated carbocycles. The summed E-state index contributed by atoms with van der Waals surface area (Å²) in [6, 6.07) is 8.12. The molecule has 0 radical (unpaired) electrons. The lowest BCUT2D eigenvalue weighted by atomic mass is 10.2. The lowest BCUT2D eigenvalue weighted by molar-refractivity contribution is -0.880. The number of piperazine rings is 1. The van der Waals surface area contributed by atoms with Crippen molar-refractivity contribution >= 4 is 11.4 Å². The van der Waals surface area contributed by atoms with Crippen LogP contribution in [0.15, 0.2) is 24.3 Å². The van der Waals surface area contributed by atoms with Gasteiger partial charge in [-0.1, -0.05) is 12.1 Å². The molecule has 1 saturated heterocycles. The lowest BCUT2D eigenvalue weighted by Crippen LogP contribution is -3.12. The number of likely N-dealkylation sites (N-methyl/N-ethyl adjacent to an activating group) is 1. The van der Waals surface area contributed by atoms with Gasteiger partial charge in [0.25, 0.3) is 0 Å². The SMILES string of the molecule is C[NH+]1CCN(c2ccccc2N)CC1. The summed E-state index contributed by atoms with van der Waals surface area (Å²) >= 11 is 0. The monoisotopic (exact) mass is 192 g/mol. The van der Waals surface area contributed by atoms with Crippen LogP contribution in [-0.4, -0.2) is 33.2 Å². The van der Waals surface area contributed by atoms with Gasteiger partial charge in [-0.25, -0.2) is 0 Å². The van der Waals surface area contributed by atoms with Gasteiger partial charge in [-0.3, -0.25) is 0 Å². The van der Waals surface area contributed by atoms with Gasteiger partial charge in [0.2, 0.25) is 0 Å². The Morgan fingerprint density at radius 3 is 2.50 bits per heavy atom. The second-order valence-corrected chi connectivity index (χ2v) is 4.00. The van der Waals surface area contributed by atoms with Crippen molar-refractivity contribution in [3.63, 3.8) is 0 Å². The van der Waals surface area contributed by atoms with E-state index < -0.39 is 0 Å². The Kier molecular flexibility index (Phi) is 2.59. The summed E-state index contributed by atoms with van der Waals surface area (Å²) < 4.78 is 0. The highest BCUT2D eigenvalue weighted by atomic mass is 15.2. The van der Waals surface area contributed by atoms with Crippen molar-refractivity contribution < 1.29 is 4.90 Å². The third kappa shape index (κ3) is 1.82. The summed E-state index contributed by atoms with van der Waals surface area (Å²) in [5.41, 5.74) is 8.03. The van der Waals surface area contributed by atoms with Crippen LogP contribution in [-0.2, 0) is 0 Å². The fourth-order valence-corrected chi connectivity index (χ4v) is 1.90. The van der Waals surface area contributed by atoms with Crippen LogP contribution in [0.1, 0.15) is 0 Å². The Hall–Kier alpha value is -1.22. The predicted molar refractivity (Wildman–Crippen MR) is 59.7 cm³/mol. The van der Waals surface area contributed by atoms with E-state index in [-0.39, 0.29) is 0 Å². The average Bonchev–Trinajstić information content (AvgIpc) is 2.20. The normalized spacial score (nSPS) is 18.5. The molecule has 3 nitrogen and oxygen atoms in total. The van der Waals surface area contributed by atoms with Crippen LogP contribution >= 0.6 is 0 Å². The molecule has 0 amide bonds. The van der Waals surface area contributed by atoms with Gasteiger partial charge in [-0.15, -0.1) is 0 Å². The Morgan fingerprint density at radius 1 is 1.21 bits per heavy atom. The summed E-state index contributed by atoms with van der Waals surface area (Å²) in [4.78, 5) is 3.98. The molecule has 1 aromatic rings. The van der Waals surface area contributed by atoms with Gasteiger partial charge in [-0.05, 0) is 12.1 Å². The van der Waals surface area contributed by atoms with Crippen LogP contribution < -0.4 is 15.5 Å². The van der Waals surface area contributed by atoms with Crippen molar-refractivity contribution in [2.24, 2.45) is 0 Å². The zero-order chi connectivity index (χ0) is 9.97. The quantitative estimate of drug-likeness (QED) is 0.594. The van der Waals surface area contributed by atoms with Crippen molar-refractivity contribution in [3.8, 4) is 0 Å². The van der Waals surface area contributed by atoms with Crippen molar-refractivity contribution in [1.82, 2.24) is 0 Å². The van der Waals surface area contributed by atoms with E-state index in [1.807, 2.05) is 12.1 Å². The maximum Gasteiger partial charge on any atom is 0.0947 e. The summed E-state index contributed by atoms with van der Waals surface area (Å²) in [7, 11) is 2.24. The largest absolute Gasteiger partial charge is 0.397 e. The van der Waals surface area contributed by atoms with E-state index in [4.69, 9.17) is 5.73 Å². The van der Waals surface area contributed by atoms with Crippen LogP contribution in [0.4, 0.5) is 11.4 Å². The fourth-order valence-electron chi connectivity index (χ4n) is 1.90. The van der Waals surface area contributed by atoms with Crippen molar-refractivity contribution in [2.75, 3.05) is 43.9 Å². The molecular weight excluding hydrogens is 174 g/mol. The standard InChI is InChI=1S/C11H17N3/c1-13-6-8-14(9-7-13)11-5-3-2-4-10(11)12/h2-5H,6-9,12H2,1H3/p+1. The third-order valence-corrected chi connectivity index (χ3v) is 2.89. The number of quaternary nitrogens is 1. The number of hydrogen-bond acceptors (Lipinski definition) is 2. The molecule has 1 heterocycles. The molecule has 0 unspecified atom stereocenters. The maximum atomic E-state index is 5.94. The first-order valence-electron chi connectivity index (χ1n) is 5.18. The molecule has 3 heteroatoms. The highest BCUT2D eigenvalue weighted by molar-refractivity contribution is 5.67. The Balaban J connectivity index is 2.12. The van der Waals surface area contributed by atoms with Gasteiger partial charge < -0.3 is 15.5 Å². The molecule has 0 aliphatic carbocycles.